The lowest BCUT2D eigenvalue weighted by Gasteiger charge is -2.04. The molecule has 0 radical (unpaired) electrons. The Hall–Kier alpha value is -3.64. The van der Waals surface area contributed by atoms with Gasteiger partial charge in [-0.25, -0.2) is 0 Å². The molecule has 0 fully saturated rings. The molecule has 0 atom stereocenters. The van der Waals surface area contributed by atoms with Gasteiger partial charge < -0.3 is 5.11 Å². The monoisotopic (exact) mass is 284 g/mol. The van der Waals surface area contributed by atoms with Gasteiger partial charge in [0.2, 0.25) is 0 Å². The van der Waals surface area contributed by atoms with E-state index in [1.807, 2.05) is 24.3 Å². The van der Waals surface area contributed by atoms with Crippen molar-refractivity contribution in [3.05, 3.63) is 46.3 Å². The molecule has 2 rings (SSSR count). The lowest BCUT2D eigenvalue weighted by atomic mass is 9.99. The minimum Gasteiger partial charge on any atom is -0.392 e. The standard InChI is InChI=1S/C17H8N4O/c18-6-12(7-19)14-3-4-15(13(8-20)9-21)17-5-11(10-22)1-2-16(14)17/h1-5,22H,10H2. The SMILES string of the molecule is N#CC(C#N)=c1ccc(=C(C#N)C#N)c2cc(CO)ccc12. The highest BCUT2D eigenvalue weighted by Gasteiger charge is 2.06. The molecule has 0 heterocycles. The molecule has 0 aliphatic rings. The molecule has 0 bridgehead atoms. The summed E-state index contributed by atoms with van der Waals surface area (Å²) in [5.74, 6) is 0. The minimum absolute atomic E-state index is 0.0521. The van der Waals surface area contributed by atoms with E-state index in [9.17, 15) is 5.11 Å². The summed E-state index contributed by atoms with van der Waals surface area (Å²) < 4.78 is 0. The summed E-state index contributed by atoms with van der Waals surface area (Å²) >= 11 is 0. The lowest BCUT2D eigenvalue weighted by molar-refractivity contribution is 0.282. The Morgan fingerprint density at radius 1 is 0.773 bits per heavy atom. The first-order valence-electron chi connectivity index (χ1n) is 6.21. The van der Waals surface area contributed by atoms with Crippen molar-refractivity contribution < 1.29 is 5.11 Å². The molecule has 0 aliphatic heterocycles. The van der Waals surface area contributed by atoms with E-state index in [1.54, 1.807) is 24.3 Å². The van der Waals surface area contributed by atoms with Gasteiger partial charge in [-0.1, -0.05) is 24.3 Å². The van der Waals surface area contributed by atoms with Gasteiger partial charge in [-0.3, -0.25) is 0 Å². The van der Waals surface area contributed by atoms with Crippen LogP contribution in [0.4, 0.5) is 0 Å². The zero-order chi connectivity index (χ0) is 16.1. The van der Waals surface area contributed by atoms with E-state index >= 15 is 0 Å². The summed E-state index contributed by atoms with van der Waals surface area (Å²) in [6, 6.07) is 15.4. The predicted molar refractivity (Wildman–Crippen MR) is 78.4 cm³/mol. The van der Waals surface area contributed by atoms with Crippen molar-refractivity contribution in [3.8, 4) is 24.3 Å². The minimum atomic E-state index is -0.193. The van der Waals surface area contributed by atoms with Gasteiger partial charge >= 0.3 is 0 Å². The van der Waals surface area contributed by atoms with Gasteiger partial charge in [0.1, 0.15) is 35.4 Å². The topological polar surface area (TPSA) is 115 Å². The van der Waals surface area contributed by atoms with Crippen molar-refractivity contribution >= 4 is 21.9 Å². The Morgan fingerprint density at radius 3 is 1.73 bits per heavy atom. The molecule has 0 saturated heterocycles. The lowest BCUT2D eigenvalue weighted by Crippen LogP contribution is -2.15. The third-order valence-electron chi connectivity index (χ3n) is 3.25. The van der Waals surface area contributed by atoms with Crippen LogP contribution in [0.5, 0.6) is 0 Å². The van der Waals surface area contributed by atoms with E-state index in [2.05, 4.69) is 0 Å². The fourth-order valence-corrected chi connectivity index (χ4v) is 2.22. The summed E-state index contributed by atoms with van der Waals surface area (Å²) in [4.78, 5) is 0. The number of aliphatic hydroxyl groups excluding tert-OH is 1. The Morgan fingerprint density at radius 2 is 1.27 bits per heavy atom. The molecule has 22 heavy (non-hydrogen) atoms. The second kappa shape index (κ2) is 6.21. The van der Waals surface area contributed by atoms with Crippen molar-refractivity contribution in [1.29, 1.82) is 21.0 Å². The van der Waals surface area contributed by atoms with E-state index < -0.39 is 0 Å². The largest absolute Gasteiger partial charge is 0.392 e. The van der Waals surface area contributed by atoms with E-state index in [-0.39, 0.29) is 17.8 Å². The summed E-state index contributed by atoms with van der Waals surface area (Å²) in [7, 11) is 0. The normalized spacial score (nSPS) is 9.14. The van der Waals surface area contributed by atoms with Crippen LogP contribution in [0.15, 0.2) is 30.3 Å². The Labute approximate surface area is 126 Å². The molecule has 102 valence electrons. The molecule has 0 aliphatic carbocycles. The van der Waals surface area contributed by atoms with Crippen molar-refractivity contribution in [2.75, 3.05) is 0 Å². The van der Waals surface area contributed by atoms with Gasteiger partial charge in [0, 0.05) is 10.4 Å². The van der Waals surface area contributed by atoms with Crippen LogP contribution in [0.25, 0.3) is 21.9 Å². The predicted octanol–water partition coefficient (Wildman–Crippen LogP) is 0.728. The Kier molecular flexibility index (Phi) is 4.17. The average Bonchev–Trinajstić information content (AvgIpc) is 2.57. The van der Waals surface area contributed by atoms with Crippen molar-refractivity contribution in [2.24, 2.45) is 0 Å². The molecular formula is C17H8N4O. The van der Waals surface area contributed by atoms with E-state index in [0.29, 0.717) is 26.8 Å². The molecule has 0 aromatic heterocycles. The summed E-state index contributed by atoms with van der Waals surface area (Å²) in [6.45, 7) is -0.193. The maximum Gasteiger partial charge on any atom is 0.137 e. The van der Waals surface area contributed by atoms with Gasteiger partial charge in [-0.05, 0) is 22.4 Å². The molecule has 5 nitrogen and oxygen atoms in total. The second-order valence-corrected chi connectivity index (χ2v) is 4.40. The maximum atomic E-state index is 9.27. The molecule has 0 spiro atoms. The van der Waals surface area contributed by atoms with Crippen LogP contribution in [-0.2, 0) is 6.61 Å². The van der Waals surface area contributed by atoms with E-state index in [1.165, 1.54) is 6.07 Å². The molecule has 5 heteroatoms. The van der Waals surface area contributed by atoms with Gasteiger partial charge in [0.25, 0.3) is 0 Å². The smallest absolute Gasteiger partial charge is 0.137 e. The Bertz CT molecular complexity index is 1020. The molecule has 2 aromatic carbocycles. The fraction of sp³-hybridized carbons (Fsp3) is 0.0588. The summed E-state index contributed by atoms with van der Waals surface area (Å²) in [5.41, 5.74) is 0.488. The first-order valence-corrected chi connectivity index (χ1v) is 6.21. The first-order chi connectivity index (χ1) is 10.7. The molecule has 1 N–H and O–H groups in total. The number of benzene rings is 2. The van der Waals surface area contributed by atoms with Crippen LogP contribution in [0, 0.1) is 45.3 Å². The molecule has 0 unspecified atom stereocenters. The van der Waals surface area contributed by atoms with Crippen LogP contribution >= 0.6 is 0 Å². The summed E-state index contributed by atoms with van der Waals surface area (Å²) in [6.07, 6.45) is 0. The zero-order valence-corrected chi connectivity index (χ0v) is 11.3. The van der Waals surface area contributed by atoms with Gasteiger partial charge in [0.15, 0.2) is 0 Å². The number of hydrogen-bond acceptors (Lipinski definition) is 5. The van der Waals surface area contributed by atoms with E-state index in [0.717, 1.165) is 0 Å². The number of hydrogen-bond donors (Lipinski definition) is 1. The number of fused-ring (bicyclic) bond motifs is 1. The van der Waals surface area contributed by atoms with Gasteiger partial charge in [-0.2, -0.15) is 21.0 Å². The van der Waals surface area contributed by atoms with Gasteiger partial charge in [-0.15, -0.1) is 0 Å². The van der Waals surface area contributed by atoms with Crippen LogP contribution < -0.4 is 10.4 Å². The first kappa shape index (κ1) is 14.8. The highest BCUT2D eigenvalue weighted by Crippen LogP contribution is 2.11. The van der Waals surface area contributed by atoms with Crippen LogP contribution in [0.1, 0.15) is 5.56 Å². The third kappa shape index (κ3) is 2.37. The molecule has 2 aromatic rings. The number of nitriles is 4. The van der Waals surface area contributed by atoms with Crippen LogP contribution in [0.2, 0.25) is 0 Å². The highest BCUT2D eigenvalue weighted by atomic mass is 16.3. The highest BCUT2D eigenvalue weighted by molar-refractivity contribution is 5.92. The van der Waals surface area contributed by atoms with Gasteiger partial charge in [0.05, 0.1) is 6.61 Å². The van der Waals surface area contributed by atoms with Crippen molar-refractivity contribution in [1.82, 2.24) is 0 Å². The zero-order valence-electron chi connectivity index (χ0n) is 11.3. The van der Waals surface area contributed by atoms with Crippen molar-refractivity contribution in [3.63, 3.8) is 0 Å². The number of aliphatic hydroxyl groups is 1. The Balaban J connectivity index is 3.20. The molecular weight excluding hydrogens is 276 g/mol. The third-order valence-corrected chi connectivity index (χ3v) is 3.25. The van der Waals surface area contributed by atoms with E-state index in [4.69, 9.17) is 21.0 Å². The quantitative estimate of drug-likeness (QED) is 0.828. The van der Waals surface area contributed by atoms with Crippen LogP contribution in [0.3, 0.4) is 0 Å². The summed E-state index contributed by atoms with van der Waals surface area (Å²) in [5, 5.41) is 47.5. The fourth-order valence-electron chi connectivity index (χ4n) is 2.22. The van der Waals surface area contributed by atoms with Crippen LogP contribution in [-0.4, -0.2) is 5.11 Å². The molecule has 0 saturated carbocycles. The second-order valence-electron chi connectivity index (χ2n) is 4.40. The average molecular weight is 284 g/mol. The van der Waals surface area contributed by atoms with Crippen molar-refractivity contribution in [2.45, 2.75) is 6.61 Å². The molecule has 0 amide bonds. The number of rotatable bonds is 1. The maximum absolute atomic E-state index is 9.27. The number of nitrogens with zero attached hydrogens (tertiary/aromatic N) is 4.